The molecule has 0 aromatic heterocycles. The summed E-state index contributed by atoms with van der Waals surface area (Å²) >= 11 is 11.6. The Labute approximate surface area is 192 Å². The highest BCUT2D eigenvalue weighted by molar-refractivity contribution is 7.92. The van der Waals surface area contributed by atoms with Crippen molar-refractivity contribution in [1.82, 2.24) is 0 Å². The maximum absolute atomic E-state index is 13.0. The number of anilines is 2. The van der Waals surface area contributed by atoms with E-state index in [-0.39, 0.29) is 21.2 Å². The molecule has 2 N–H and O–H groups in total. The maximum atomic E-state index is 13.0. The number of nitrogens with one attached hydrogen (secondary N) is 2. The third-order valence-corrected chi connectivity index (χ3v) is 6.58. The van der Waals surface area contributed by atoms with Crippen LogP contribution in [0.25, 0.3) is 0 Å². The Morgan fingerprint density at radius 2 is 1.59 bits per heavy atom. The van der Waals surface area contributed by atoms with Gasteiger partial charge in [0.05, 0.1) is 21.3 Å². The number of halogens is 5. The smallest absolute Gasteiger partial charge is 0.322 e. The Morgan fingerprint density at radius 3 is 2.25 bits per heavy atom. The number of carbonyl (C=O) groups is 1. The van der Waals surface area contributed by atoms with Crippen molar-refractivity contribution >= 4 is 50.5 Å². The number of rotatable bonds is 5. The van der Waals surface area contributed by atoms with Gasteiger partial charge in [-0.05, 0) is 55.0 Å². The van der Waals surface area contributed by atoms with Gasteiger partial charge in [0.2, 0.25) is 0 Å². The highest BCUT2D eigenvalue weighted by Gasteiger charge is 2.33. The Hall–Kier alpha value is -2.75. The minimum atomic E-state index is -4.71. The molecule has 0 saturated carbocycles. The standard InChI is InChI=1S/C21H15Cl2F3N2O3S/c1-12-4-2-3-5-18(12)28-32(30,31)19-10-13(6-8-17(19)23)20(29)27-14-7-9-16(22)15(11-14)21(24,25)26/h2-11,28H,1H3,(H,27,29). The first-order valence-electron chi connectivity index (χ1n) is 8.94. The summed E-state index contributed by atoms with van der Waals surface area (Å²) in [7, 11) is -4.16. The number of hydrogen-bond acceptors (Lipinski definition) is 3. The number of benzene rings is 3. The molecule has 0 saturated heterocycles. The molecule has 0 aliphatic carbocycles. The molecule has 168 valence electrons. The lowest BCUT2D eigenvalue weighted by atomic mass is 10.1. The molecule has 0 atom stereocenters. The third-order valence-electron chi connectivity index (χ3n) is 4.40. The van der Waals surface area contributed by atoms with Crippen molar-refractivity contribution < 1.29 is 26.4 Å². The normalized spacial score (nSPS) is 11.8. The maximum Gasteiger partial charge on any atom is 0.417 e. The fraction of sp³-hybridized carbons (Fsp3) is 0.0952. The summed E-state index contributed by atoms with van der Waals surface area (Å²) in [5.41, 5.74) is -0.394. The van der Waals surface area contributed by atoms with Crippen LogP contribution in [0.1, 0.15) is 21.5 Å². The van der Waals surface area contributed by atoms with Crippen LogP contribution >= 0.6 is 23.2 Å². The second-order valence-electron chi connectivity index (χ2n) is 6.71. The largest absolute Gasteiger partial charge is 0.417 e. The van der Waals surface area contributed by atoms with Gasteiger partial charge in [0.25, 0.3) is 15.9 Å². The molecule has 0 aliphatic rings. The summed E-state index contributed by atoms with van der Waals surface area (Å²) in [5.74, 6) is -0.829. The van der Waals surface area contributed by atoms with Gasteiger partial charge >= 0.3 is 6.18 Å². The van der Waals surface area contributed by atoms with E-state index in [9.17, 15) is 26.4 Å². The van der Waals surface area contributed by atoms with E-state index in [1.165, 1.54) is 18.2 Å². The Balaban J connectivity index is 1.90. The molecule has 3 aromatic carbocycles. The van der Waals surface area contributed by atoms with Crippen molar-refractivity contribution in [2.45, 2.75) is 18.0 Å². The monoisotopic (exact) mass is 502 g/mol. The lowest BCUT2D eigenvalue weighted by Gasteiger charge is -2.14. The van der Waals surface area contributed by atoms with Gasteiger partial charge in [0, 0.05) is 11.3 Å². The predicted octanol–water partition coefficient (Wildman–Crippen LogP) is 6.37. The average molecular weight is 503 g/mol. The fourth-order valence-electron chi connectivity index (χ4n) is 2.76. The van der Waals surface area contributed by atoms with Crippen molar-refractivity contribution in [2.24, 2.45) is 0 Å². The fourth-order valence-corrected chi connectivity index (χ4v) is 4.64. The number of hydrogen-bond donors (Lipinski definition) is 2. The van der Waals surface area contributed by atoms with E-state index >= 15 is 0 Å². The van der Waals surface area contributed by atoms with Crippen molar-refractivity contribution in [2.75, 3.05) is 10.0 Å². The van der Waals surface area contributed by atoms with Crippen LogP contribution in [0.3, 0.4) is 0 Å². The number of carbonyl (C=O) groups excluding carboxylic acids is 1. The van der Waals surface area contributed by atoms with Crippen molar-refractivity contribution in [3.8, 4) is 0 Å². The van der Waals surface area contributed by atoms with Gasteiger partial charge in [0.1, 0.15) is 4.90 Å². The third kappa shape index (κ3) is 5.35. The topological polar surface area (TPSA) is 75.3 Å². The second kappa shape index (κ2) is 9.01. The Kier molecular flexibility index (Phi) is 6.73. The first-order valence-corrected chi connectivity index (χ1v) is 11.2. The lowest BCUT2D eigenvalue weighted by Crippen LogP contribution is -2.17. The van der Waals surface area contributed by atoms with E-state index in [1.807, 2.05) is 0 Å². The molecule has 32 heavy (non-hydrogen) atoms. The first-order chi connectivity index (χ1) is 14.9. The highest BCUT2D eigenvalue weighted by Crippen LogP contribution is 2.36. The summed E-state index contributed by atoms with van der Waals surface area (Å²) in [6.07, 6.45) is -4.71. The average Bonchev–Trinajstić information content (AvgIpc) is 2.70. The van der Waals surface area contributed by atoms with Crippen LogP contribution in [0.15, 0.2) is 65.6 Å². The number of amides is 1. The number of para-hydroxylation sites is 1. The zero-order valence-corrected chi connectivity index (χ0v) is 18.6. The van der Waals surface area contributed by atoms with Gasteiger partial charge in [0.15, 0.2) is 0 Å². The Bertz CT molecular complexity index is 1300. The van der Waals surface area contributed by atoms with Crippen LogP contribution in [0.5, 0.6) is 0 Å². The van der Waals surface area contributed by atoms with Crippen LogP contribution in [-0.4, -0.2) is 14.3 Å². The van der Waals surface area contributed by atoms with Gasteiger partial charge in [-0.2, -0.15) is 13.2 Å². The summed E-state index contributed by atoms with van der Waals surface area (Å²) in [6, 6.07) is 13.1. The summed E-state index contributed by atoms with van der Waals surface area (Å²) in [6.45, 7) is 1.71. The van der Waals surface area contributed by atoms with Gasteiger partial charge in [-0.1, -0.05) is 41.4 Å². The van der Waals surface area contributed by atoms with E-state index < -0.39 is 32.7 Å². The minimum absolute atomic E-state index is 0.122. The van der Waals surface area contributed by atoms with E-state index in [0.717, 1.165) is 12.1 Å². The minimum Gasteiger partial charge on any atom is -0.322 e. The molecule has 5 nitrogen and oxygen atoms in total. The quantitative estimate of drug-likeness (QED) is 0.425. The van der Waals surface area contributed by atoms with Crippen LogP contribution in [-0.2, 0) is 16.2 Å². The van der Waals surface area contributed by atoms with Crippen LogP contribution in [0, 0.1) is 6.92 Å². The van der Waals surface area contributed by atoms with Crippen LogP contribution in [0.2, 0.25) is 10.0 Å². The van der Waals surface area contributed by atoms with Gasteiger partial charge in [-0.25, -0.2) is 8.42 Å². The summed E-state index contributed by atoms with van der Waals surface area (Å²) < 4.78 is 67.2. The zero-order valence-electron chi connectivity index (χ0n) is 16.3. The SMILES string of the molecule is Cc1ccccc1NS(=O)(=O)c1cc(C(=O)Nc2ccc(Cl)c(C(F)(F)F)c2)ccc1Cl. The van der Waals surface area contributed by atoms with Crippen molar-refractivity contribution in [1.29, 1.82) is 0 Å². The van der Waals surface area contributed by atoms with E-state index in [1.54, 1.807) is 31.2 Å². The van der Waals surface area contributed by atoms with Gasteiger partial charge in [-0.3, -0.25) is 9.52 Å². The molecular formula is C21H15Cl2F3N2O3S. The number of sulfonamides is 1. The molecule has 0 fully saturated rings. The molecule has 0 unspecified atom stereocenters. The predicted molar refractivity (Wildman–Crippen MR) is 118 cm³/mol. The number of aryl methyl sites for hydroxylation is 1. The second-order valence-corrected chi connectivity index (χ2v) is 9.18. The van der Waals surface area contributed by atoms with E-state index in [4.69, 9.17) is 23.2 Å². The van der Waals surface area contributed by atoms with E-state index in [0.29, 0.717) is 17.3 Å². The molecule has 0 aliphatic heterocycles. The molecule has 1 amide bonds. The van der Waals surface area contributed by atoms with Crippen LogP contribution < -0.4 is 10.0 Å². The van der Waals surface area contributed by atoms with Crippen LogP contribution in [0.4, 0.5) is 24.5 Å². The lowest BCUT2D eigenvalue weighted by molar-refractivity contribution is -0.137. The molecular weight excluding hydrogens is 488 g/mol. The van der Waals surface area contributed by atoms with E-state index in [2.05, 4.69) is 10.0 Å². The molecule has 0 bridgehead atoms. The molecule has 3 rings (SSSR count). The summed E-state index contributed by atoms with van der Waals surface area (Å²) in [5, 5.41) is 1.65. The number of alkyl halides is 3. The summed E-state index contributed by atoms with van der Waals surface area (Å²) in [4.78, 5) is 12.2. The molecule has 0 radical (unpaired) electrons. The zero-order chi connectivity index (χ0) is 23.7. The molecule has 0 heterocycles. The molecule has 3 aromatic rings. The van der Waals surface area contributed by atoms with Gasteiger partial charge < -0.3 is 5.32 Å². The first kappa shape index (κ1) is 23.9. The van der Waals surface area contributed by atoms with Gasteiger partial charge in [-0.15, -0.1) is 0 Å². The molecule has 11 heteroatoms. The molecule has 0 spiro atoms. The highest BCUT2D eigenvalue weighted by atomic mass is 35.5. The van der Waals surface area contributed by atoms with Crippen molar-refractivity contribution in [3.63, 3.8) is 0 Å². The Morgan fingerprint density at radius 1 is 0.938 bits per heavy atom. The van der Waals surface area contributed by atoms with Crippen molar-refractivity contribution in [3.05, 3.63) is 87.4 Å².